The van der Waals surface area contributed by atoms with Gasteiger partial charge in [0.25, 0.3) is 0 Å². The summed E-state index contributed by atoms with van der Waals surface area (Å²) < 4.78 is 10.5. The molecule has 0 radical (unpaired) electrons. The third-order valence-corrected chi connectivity index (χ3v) is 5.11. The minimum absolute atomic E-state index is 0.181. The van der Waals surface area contributed by atoms with E-state index in [4.69, 9.17) is 44.3 Å². The summed E-state index contributed by atoms with van der Waals surface area (Å²) in [6, 6.07) is 11.8. The molecule has 6 nitrogen and oxygen atoms in total. The molecule has 1 saturated heterocycles. The highest BCUT2D eigenvalue weighted by Gasteiger charge is 2.50. The summed E-state index contributed by atoms with van der Waals surface area (Å²) in [7, 11) is 0. The van der Waals surface area contributed by atoms with Crippen LogP contribution in [0.2, 0.25) is 10.0 Å². The molecular formula is C19H15Cl3O6. The number of rotatable bonds is 5. The van der Waals surface area contributed by atoms with E-state index in [9.17, 15) is 19.8 Å². The number of hydrogen-bond acceptors (Lipinski definition) is 6. The Morgan fingerprint density at radius 2 is 1.46 bits per heavy atom. The van der Waals surface area contributed by atoms with Gasteiger partial charge >= 0.3 is 5.97 Å². The summed E-state index contributed by atoms with van der Waals surface area (Å²) in [5.41, 5.74) is -0.869. The van der Waals surface area contributed by atoms with E-state index in [1.165, 1.54) is 48.5 Å². The molecule has 5 atom stereocenters. The lowest BCUT2D eigenvalue weighted by atomic mass is 9.98. The third-order valence-electron chi connectivity index (χ3n) is 4.25. The van der Waals surface area contributed by atoms with Gasteiger partial charge in [-0.2, -0.15) is 0 Å². The van der Waals surface area contributed by atoms with E-state index in [1.54, 1.807) is 0 Å². The van der Waals surface area contributed by atoms with Crippen LogP contribution in [0.25, 0.3) is 0 Å². The van der Waals surface area contributed by atoms with Gasteiger partial charge in [0.15, 0.2) is 17.5 Å². The Morgan fingerprint density at radius 3 is 2.00 bits per heavy atom. The zero-order valence-corrected chi connectivity index (χ0v) is 16.4. The van der Waals surface area contributed by atoms with E-state index in [0.717, 1.165) is 0 Å². The molecule has 9 heteroatoms. The number of esters is 1. The van der Waals surface area contributed by atoms with Crippen LogP contribution in [0.15, 0.2) is 48.5 Å². The summed E-state index contributed by atoms with van der Waals surface area (Å²) in [6.07, 6.45) is -5.86. The van der Waals surface area contributed by atoms with Crippen molar-refractivity contribution in [3.8, 4) is 0 Å². The summed E-state index contributed by atoms with van der Waals surface area (Å²) in [4.78, 5) is 24.7. The van der Waals surface area contributed by atoms with Crippen molar-refractivity contribution in [3.05, 3.63) is 69.7 Å². The van der Waals surface area contributed by atoms with Crippen LogP contribution < -0.4 is 0 Å². The minimum Gasteiger partial charge on any atom is -0.452 e. The van der Waals surface area contributed by atoms with Crippen molar-refractivity contribution in [1.82, 2.24) is 0 Å². The molecule has 0 aliphatic carbocycles. The minimum atomic E-state index is -1.71. The SMILES string of the molecule is O=C(O[C@H]1C(Cl)O[C@H](C(O)C(=O)c2ccc(Cl)cc2)[C@H]1O)c1ccc(Cl)cc1. The predicted molar refractivity (Wildman–Crippen MR) is 103 cm³/mol. The van der Waals surface area contributed by atoms with Gasteiger partial charge in [-0.15, -0.1) is 0 Å². The predicted octanol–water partition coefficient (Wildman–Crippen LogP) is 3.09. The molecule has 2 aromatic carbocycles. The first-order valence-electron chi connectivity index (χ1n) is 8.20. The van der Waals surface area contributed by atoms with Crippen molar-refractivity contribution in [2.45, 2.75) is 30.0 Å². The molecule has 0 bridgehead atoms. The van der Waals surface area contributed by atoms with E-state index in [-0.39, 0.29) is 11.1 Å². The molecule has 0 spiro atoms. The van der Waals surface area contributed by atoms with Crippen molar-refractivity contribution in [2.24, 2.45) is 0 Å². The van der Waals surface area contributed by atoms with Gasteiger partial charge in [0.1, 0.15) is 18.3 Å². The number of carbonyl (C=O) groups excluding carboxylic acids is 2. The lowest BCUT2D eigenvalue weighted by Gasteiger charge is -2.21. The van der Waals surface area contributed by atoms with Crippen molar-refractivity contribution in [3.63, 3.8) is 0 Å². The number of carbonyl (C=O) groups is 2. The van der Waals surface area contributed by atoms with Gasteiger partial charge in [0.05, 0.1) is 5.56 Å². The third kappa shape index (κ3) is 4.49. The zero-order valence-electron chi connectivity index (χ0n) is 14.2. The van der Waals surface area contributed by atoms with Gasteiger partial charge in [0.2, 0.25) is 0 Å². The van der Waals surface area contributed by atoms with Crippen LogP contribution >= 0.6 is 34.8 Å². The molecule has 1 aliphatic rings. The Hall–Kier alpha value is -1.67. The maximum absolute atomic E-state index is 12.4. The lowest BCUT2D eigenvalue weighted by molar-refractivity contribution is -0.0440. The number of alkyl halides is 1. The van der Waals surface area contributed by atoms with Crippen LogP contribution in [0.4, 0.5) is 0 Å². The molecule has 1 fully saturated rings. The van der Waals surface area contributed by atoms with Gasteiger partial charge in [-0.25, -0.2) is 4.79 Å². The van der Waals surface area contributed by atoms with Gasteiger partial charge in [0, 0.05) is 15.6 Å². The molecule has 2 unspecified atom stereocenters. The number of halogens is 3. The summed E-state index contributed by atoms with van der Waals surface area (Å²) >= 11 is 17.6. The number of aliphatic hydroxyl groups excluding tert-OH is 2. The lowest BCUT2D eigenvalue weighted by Crippen LogP contribution is -2.44. The average molecular weight is 446 g/mol. The molecule has 2 N–H and O–H groups in total. The monoisotopic (exact) mass is 444 g/mol. The van der Waals surface area contributed by atoms with Crippen LogP contribution in [0.3, 0.4) is 0 Å². The van der Waals surface area contributed by atoms with E-state index in [0.29, 0.717) is 10.0 Å². The smallest absolute Gasteiger partial charge is 0.338 e. The highest BCUT2D eigenvalue weighted by Crippen LogP contribution is 2.30. The van der Waals surface area contributed by atoms with Gasteiger partial charge in [-0.05, 0) is 48.5 Å². The van der Waals surface area contributed by atoms with Crippen LogP contribution in [0, 0.1) is 0 Å². The zero-order chi connectivity index (χ0) is 20.4. The van der Waals surface area contributed by atoms with Gasteiger partial charge in [-0.3, -0.25) is 4.79 Å². The molecule has 28 heavy (non-hydrogen) atoms. The Balaban J connectivity index is 1.69. The first-order chi connectivity index (χ1) is 13.3. The second kappa shape index (κ2) is 8.78. The maximum Gasteiger partial charge on any atom is 0.338 e. The van der Waals surface area contributed by atoms with Crippen LogP contribution in [-0.4, -0.2) is 51.9 Å². The molecule has 0 amide bonds. The summed E-state index contributed by atoms with van der Waals surface area (Å²) in [5, 5.41) is 21.6. The molecule has 2 aromatic rings. The molecule has 1 heterocycles. The molecular weight excluding hydrogens is 431 g/mol. The Kier molecular flexibility index (Phi) is 6.60. The molecule has 0 aromatic heterocycles. The van der Waals surface area contributed by atoms with Gasteiger partial charge in [-0.1, -0.05) is 34.8 Å². The number of ether oxygens (including phenoxy) is 2. The summed E-state index contributed by atoms with van der Waals surface area (Å²) in [6.45, 7) is 0. The summed E-state index contributed by atoms with van der Waals surface area (Å²) in [5.74, 6) is -1.44. The fourth-order valence-corrected chi connectivity index (χ4v) is 3.32. The number of hydrogen-bond donors (Lipinski definition) is 2. The molecule has 1 aliphatic heterocycles. The Labute approximate surface area is 175 Å². The van der Waals surface area contributed by atoms with Crippen LogP contribution in [0.1, 0.15) is 20.7 Å². The Morgan fingerprint density at radius 1 is 0.964 bits per heavy atom. The fraction of sp³-hybridized carbons (Fsp3) is 0.263. The van der Waals surface area contributed by atoms with Crippen LogP contribution in [0.5, 0.6) is 0 Å². The molecule has 148 valence electrons. The molecule has 0 saturated carbocycles. The van der Waals surface area contributed by atoms with Crippen molar-refractivity contribution in [1.29, 1.82) is 0 Å². The highest BCUT2D eigenvalue weighted by molar-refractivity contribution is 6.31. The average Bonchev–Trinajstić information content (AvgIpc) is 2.96. The van der Waals surface area contributed by atoms with Crippen LogP contribution in [-0.2, 0) is 9.47 Å². The van der Waals surface area contributed by atoms with E-state index in [2.05, 4.69) is 0 Å². The van der Waals surface area contributed by atoms with Crippen molar-refractivity contribution < 1.29 is 29.3 Å². The first kappa shape index (κ1) is 21.0. The highest BCUT2D eigenvalue weighted by atomic mass is 35.5. The second-order valence-electron chi connectivity index (χ2n) is 6.14. The topological polar surface area (TPSA) is 93.1 Å². The number of ketones is 1. The number of aliphatic hydroxyl groups is 2. The van der Waals surface area contributed by atoms with E-state index >= 15 is 0 Å². The standard InChI is InChI=1S/C19H15Cl3O6/c20-11-5-1-9(2-6-11)13(23)14(24)16-15(25)17(18(22)27-16)28-19(26)10-3-7-12(21)8-4-10/h1-8,14-18,24-25H/t14?,15-,16-,17-,18?/m1/s1. The normalized spacial score (nSPS) is 25.3. The Bertz CT molecular complexity index is 855. The van der Waals surface area contributed by atoms with Crippen molar-refractivity contribution >= 4 is 46.6 Å². The first-order valence-corrected chi connectivity index (χ1v) is 9.39. The number of benzene rings is 2. The van der Waals surface area contributed by atoms with E-state index in [1.807, 2.05) is 0 Å². The van der Waals surface area contributed by atoms with Crippen molar-refractivity contribution in [2.75, 3.05) is 0 Å². The maximum atomic E-state index is 12.4. The second-order valence-corrected chi connectivity index (χ2v) is 7.44. The van der Waals surface area contributed by atoms with E-state index < -0.39 is 41.7 Å². The largest absolute Gasteiger partial charge is 0.452 e. The fourth-order valence-electron chi connectivity index (χ4n) is 2.75. The van der Waals surface area contributed by atoms with Gasteiger partial charge < -0.3 is 19.7 Å². The quantitative estimate of drug-likeness (QED) is 0.417. The number of Topliss-reactive ketones (excluding diaryl/α,β-unsaturated/α-hetero) is 1. The molecule has 3 rings (SSSR count).